The van der Waals surface area contributed by atoms with Crippen LogP contribution in [0.15, 0.2) is 48.5 Å². The molecular weight excluding hydrogens is 279 g/mol. The number of benzene rings is 2. The summed E-state index contributed by atoms with van der Waals surface area (Å²) in [6.45, 7) is 2.06. The Balaban J connectivity index is 1.64. The third-order valence-electron chi connectivity index (χ3n) is 4.05. The van der Waals surface area contributed by atoms with Gasteiger partial charge in [-0.3, -0.25) is 0 Å². The van der Waals surface area contributed by atoms with Gasteiger partial charge < -0.3 is 15.4 Å². The average molecular weight is 300 g/mol. The molecule has 1 aliphatic heterocycles. The molecule has 0 radical (unpaired) electrons. The molecule has 1 aliphatic rings. The number of halogens is 1. The van der Waals surface area contributed by atoms with Gasteiger partial charge in [0.15, 0.2) is 0 Å². The van der Waals surface area contributed by atoms with Gasteiger partial charge in [0.2, 0.25) is 0 Å². The molecule has 22 heavy (non-hydrogen) atoms. The zero-order chi connectivity index (χ0) is 15.4. The molecular formula is C18H21FN2O. The highest BCUT2D eigenvalue weighted by Gasteiger charge is 2.19. The topological polar surface area (TPSA) is 38.5 Å². The molecule has 4 heteroatoms. The molecule has 1 fully saturated rings. The number of ether oxygens (including phenoxy) is 1. The number of hydrogen-bond acceptors (Lipinski definition) is 3. The van der Waals surface area contributed by atoms with Crippen molar-refractivity contribution in [3.8, 4) is 5.75 Å². The summed E-state index contributed by atoms with van der Waals surface area (Å²) in [7, 11) is 0. The summed E-state index contributed by atoms with van der Waals surface area (Å²) < 4.78 is 20.0. The van der Waals surface area contributed by atoms with Gasteiger partial charge in [-0.15, -0.1) is 0 Å². The number of nitrogens with zero attached hydrogens (tertiary/aromatic N) is 1. The standard InChI is InChI=1S/C18H21FN2O/c19-17-12-16(22-13-14-4-2-1-3-5-14)6-7-18(17)21-10-8-15(20)9-11-21/h1-7,12,15H,8-11,13,20H2. The van der Waals surface area contributed by atoms with Crippen LogP contribution in [0, 0.1) is 5.82 Å². The fourth-order valence-corrected chi connectivity index (χ4v) is 2.72. The highest BCUT2D eigenvalue weighted by Crippen LogP contribution is 2.26. The van der Waals surface area contributed by atoms with Crippen molar-refractivity contribution in [3.05, 3.63) is 59.9 Å². The molecule has 0 aliphatic carbocycles. The first-order valence-corrected chi connectivity index (χ1v) is 7.69. The van der Waals surface area contributed by atoms with E-state index in [1.807, 2.05) is 36.4 Å². The molecule has 0 spiro atoms. The maximum atomic E-state index is 14.3. The second-order valence-electron chi connectivity index (χ2n) is 5.71. The number of rotatable bonds is 4. The fourth-order valence-electron chi connectivity index (χ4n) is 2.72. The van der Waals surface area contributed by atoms with Gasteiger partial charge in [-0.2, -0.15) is 0 Å². The van der Waals surface area contributed by atoms with Gasteiger partial charge in [-0.25, -0.2) is 4.39 Å². The first-order chi connectivity index (χ1) is 10.7. The van der Waals surface area contributed by atoms with E-state index in [4.69, 9.17) is 10.5 Å². The fraction of sp³-hybridized carbons (Fsp3) is 0.333. The van der Waals surface area contributed by atoms with Crippen LogP contribution in [0.3, 0.4) is 0 Å². The summed E-state index contributed by atoms with van der Waals surface area (Å²) in [5.41, 5.74) is 7.60. The van der Waals surface area contributed by atoms with E-state index in [0.717, 1.165) is 31.5 Å². The monoisotopic (exact) mass is 300 g/mol. The van der Waals surface area contributed by atoms with Crippen LogP contribution >= 0.6 is 0 Å². The van der Waals surface area contributed by atoms with Gasteiger partial charge in [0.1, 0.15) is 18.2 Å². The normalized spacial score (nSPS) is 15.8. The van der Waals surface area contributed by atoms with Crippen LogP contribution in [-0.4, -0.2) is 19.1 Å². The van der Waals surface area contributed by atoms with Crippen LogP contribution in [0.2, 0.25) is 0 Å². The van der Waals surface area contributed by atoms with Gasteiger partial charge in [0.05, 0.1) is 5.69 Å². The second-order valence-corrected chi connectivity index (χ2v) is 5.71. The van der Waals surface area contributed by atoms with Crippen molar-refractivity contribution in [2.24, 2.45) is 5.73 Å². The average Bonchev–Trinajstić information content (AvgIpc) is 2.55. The lowest BCUT2D eigenvalue weighted by atomic mass is 10.1. The molecule has 0 bridgehead atoms. The molecule has 1 saturated heterocycles. The largest absolute Gasteiger partial charge is 0.489 e. The van der Waals surface area contributed by atoms with E-state index in [2.05, 4.69) is 4.90 Å². The Morgan fingerprint density at radius 2 is 1.82 bits per heavy atom. The molecule has 3 nitrogen and oxygen atoms in total. The highest BCUT2D eigenvalue weighted by atomic mass is 19.1. The molecule has 2 aromatic carbocycles. The third-order valence-corrected chi connectivity index (χ3v) is 4.05. The Kier molecular flexibility index (Phi) is 4.59. The van der Waals surface area contributed by atoms with Crippen molar-refractivity contribution in [2.45, 2.75) is 25.5 Å². The lowest BCUT2D eigenvalue weighted by Gasteiger charge is -2.32. The SMILES string of the molecule is NC1CCN(c2ccc(OCc3ccccc3)cc2F)CC1. The summed E-state index contributed by atoms with van der Waals surface area (Å²) in [5, 5.41) is 0. The summed E-state index contributed by atoms with van der Waals surface area (Å²) in [6, 6.07) is 15.2. The number of hydrogen-bond donors (Lipinski definition) is 1. The van der Waals surface area contributed by atoms with Gasteiger partial charge in [-0.05, 0) is 30.5 Å². The van der Waals surface area contributed by atoms with E-state index in [9.17, 15) is 4.39 Å². The molecule has 3 rings (SSSR count). The quantitative estimate of drug-likeness (QED) is 0.941. The molecule has 0 aromatic heterocycles. The Labute approximate surface area is 130 Å². The maximum absolute atomic E-state index is 14.3. The van der Waals surface area contributed by atoms with Crippen molar-refractivity contribution in [3.63, 3.8) is 0 Å². The lowest BCUT2D eigenvalue weighted by Crippen LogP contribution is -2.40. The van der Waals surface area contributed by atoms with E-state index < -0.39 is 0 Å². The van der Waals surface area contributed by atoms with Crippen molar-refractivity contribution in [1.82, 2.24) is 0 Å². The van der Waals surface area contributed by atoms with Gasteiger partial charge in [-0.1, -0.05) is 30.3 Å². The van der Waals surface area contributed by atoms with Crippen LogP contribution < -0.4 is 15.4 Å². The van der Waals surface area contributed by atoms with Crippen molar-refractivity contribution >= 4 is 5.69 Å². The maximum Gasteiger partial charge on any atom is 0.150 e. The van der Waals surface area contributed by atoms with E-state index in [1.165, 1.54) is 6.07 Å². The van der Waals surface area contributed by atoms with E-state index >= 15 is 0 Å². The second kappa shape index (κ2) is 6.79. The molecule has 0 atom stereocenters. The van der Waals surface area contributed by atoms with Crippen LogP contribution in [0.4, 0.5) is 10.1 Å². The molecule has 1 heterocycles. The summed E-state index contributed by atoms with van der Waals surface area (Å²) >= 11 is 0. The van der Waals surface area contributed by atoms with Crippen molar-refractivity contribution in [1.29, 1.82) is 0 Å². The Morgan fingerprint density at radius 1 is 1.09 bits per heavy atom. The zero-order valence-corrected chi connectivity index (χ0v) is 12.5. The predicted octanol–water partition coefficient (Wildman–Crippen LogP) is 3.33. The van der Waals surface area contributed by atoms with E-state index in [1.54, 1.807) is 6.07 Å². The zero-order valence-electron chi connectivity index (χ0n) is 12.5. The Morgan fingerprint density at radius 3 is 2.50 bits per heavy atom. The van der Waals surface area contributed by atoms with Crippen LogP contribution in [0.5, 0.6) is 5.75 Å². The number of nitrogens with two attached hydrogens (primary N) is 1. The van der Waals surface area contributed by atoms with E-state index in [-0.39, 0.29) is 11.9 Å². The van der Waals surface area contributed by atoms with Crippen LogP contribution in [0.1, 0.15) is 18.4 Å². The minimum Gasteiger partial charge on any atom is -0.489 e. The first kappa shape index (κ1) is 14.9. The highest BCUT2D eigenvalue weighted by molar-refractivity contribution is 5.51. The van der Waals surface area contributed by atoms with Crippen LogP contribution in [0.25, 0.3) is 0 Å². The minimum absolute atomic E-state index is 0.235. The molecule has 116 valence electrons. The molecule has 0 saturated carbocycles. The summed E-state index contributed by atoms with van der Waals surface area (Å²) in [4.78, 5) is 2.06. The smallest absolute Gasteiger partial charge is 0.150 e. The summed E-state index contributed by atoms with van der Waals surface area (Å²) in [6.07, 6.45) is 1.82. The number of anilines is 1. The minimum atomic E-state index is -0.235. The van der Waals surface area contributed by atoms with Crippen molar-refractivity contribution in [2.75, 3.05) is 18.0 Å². The molecule has 0 unspecified atom stereocenters. The van der Waals surface area contributed by atoms with Gasteiger partial charge in [0, 0.05) is 25.2 Å². The van der Waals surface area contributed by atoms with E-state index in [0.29, 0.717) is 18.0 Å². The van der Waals surface area contributed by atoms with Gasteiger partial charge >= 0.3 is 0 Å². The van der Waals surface area contributed by atoms with Gasteiger partial charge in [0.25, 0.3) is 0 Å². The molecule has 2 N–H and O–H groups in total. The molecule has 0 amide bonds. The Bertz CT molecular complexity index is 610. The number of piperidine rings is 1. The first-order valence-electron chi connectivity index (χ1n) is 7.69. The van der Waals surface area contributed by atoms with Crippen LogP contribution in [-0.2, 0) is 6.61 Å². The molecule has 2 aromatic rings. The summed E-state index contributed by atoms with van der Waals surface area (Å²) in [5.74, 6) is 0.319. The van der Waals surface area contributed by atoms with Crippen molar-refractivity contribution < 1.29 is 9.13 Å². The lowest BCUT2D eigenvalue weighted by molar-refractivity contribution is 0.304. The third kappa shape index (κ3) is 3.57. The Hall–Kier alpha value is -2.07. The predicted molar refractivity (Wildman–Crippen MR) is 86.6 cm³/mol.